The molecule has 92 valence electrons. The minimum atomic E-state index is -0.481. The second kappa shape index (κ2) is 4.72. The van der Waals surface area contributed by atoms with E-state index in [9.17, 15) is 9.59 Å². The third-order valence-corrected chi connectivity index (χ3v) is 2.84. The number of carbonyl (C=O) groups is 2. The second-order valence-corrected chi connectivity index (χ2v) is 4.74. The summed E-state index contributed by atoms with van der Waals surface area (Å²) in [5.41, 5.74) is -0.481. The Kier molecular flexibility index (Phi) is 3.78. The summed E-state index contributed by atoms with van der Waals surface area (Å²) in [6.07, 6.45) is 0.224. The number of hydrogen-bond acceptors (Lipinski definition) is 3. The van der Waals surface area contributed by atoms with Crippen molar-refractivity contribution in [2.45, 2.75) is 33.3 Å². The number of nitrogens with zero attached hydrogens (tertiary/aromatic N) is 1. The Morgan fingerprint density at radius 1 is 1.44 bits per heavy atom. The molecule has 0 aromatic rings. The van der Waals surface area contributed by atoms with Crippen LogP contribution in [0.4, 0.5) is 4.79 Å². The number of ether oxygens (including phenoxy) is 1. The van der Waals surface area contributed by atoms with E-state index in [4.69, 9.17) is 4.74 Å². The molecule has 0 spiro atoms. The fourth-order valence-corrected chi connectivity index (χ4v) is 1.88. The fraction of sp³-hybridized carbons (Fsp3) is 0.818. The smallest absolute Gasteiger partial charge is 0.410 e. The van der Waals surface area contributed by atoms with Crippen LogP contribution in [0.15, 0.2) is 0 Å². The zero-order valence-corrected chi connectivity index (χ0v) is 10.4. The van der Waals surface area contributed by atoms with Gasteiger partial charge in [0.1, 0.15) is 0 Å². The molecule has 1 N–H and O–H groups in total. The van der Waals surface area contributed by atoms with Crippen molar-refractivity contribution in [2.75, 3.05) is 20.1 Å². The summed E-state index contributed by atoms with van der Waals surface area (Å²) >= 11 is 0. The fourth-order valence-electron chi connectivity index (χ4n) is 1.88. The lowest BCUT2D eigenvalue weighted by atomic mass is 9.89. The van der Waals surface area contributed by atoms with Crippen molar-refractivity contribution in [2.24, 2.45) is 5.41 Å². The van der Waals surface area contributed by atoms with Gasteiger partial charge < -0.3 is 15.0 Å². The number of likely N-dealkylation sites (tertiary alicyclic amines) is 1. The maximum atomic E-state index is 11.6. The van der Waals surface area contributed by atoms with Crippen molar-refractivity contribution in [3.05, 3.63) is 0 Å². The Balaban J connectivity index is 2.58. The van der Waals surface area contributed by atoms with Gasteiger partial charge in [-0.25, -0.2) is 4.79 Å². The maximum absolute atomic E-state index is 11.6. The highest BCUT2D eigenvalue weighted by atomic mass is 16.6. The van der Waals surface area contributed by atoms with Crippen LogP contribution < -0.4 is 5.32 Å². The number of nitrogens with one attached hydrogen (secondary N) is 1. The van der Waals surface area contributed by atoms with Gasteiger partial charge in [-0.3, -0.25) is 4.79 Å². The van der Waals surface area contributed by atoms with E-state index in [2.05, 4.69) is 5.32 Å². The van der Waals surface area contributed by atoms with Gasteiger partial charge in [0, 0.05) is 20.1 Å². The Hall–Kier alpha value is -1.26. The van der Waals surface area contributed by atoms with Crippen molar-refractivity contribution in [3.63, 3.8) is 0 Å². The predicted octanol–water partition coefficient (Wildman–Crippen LogP) is 0.989. The summed E-state index contributed by atoms with van der Waals surface area (Å²) in [5.74, 6) is -0.0210. The summed E-state index contributed by atoms with van der Waals surface area (Å²) in [5, 5.41) is 2.63. The van der Waals surface area contributed by atoms with Crippen molar-refractivity contribution in [3.8, 4) is 0 Å². The number of hydrogen-bond donors (Lipinski definition) is 1. The Morgan fingerprint density at radius 2 is 2.06 bits per heavy atom. The van der Waals surface area contributed by atoms with Crippen LogP contribution in [-0.4, -0.2) is 43.1 Å². The molecule has 1 fully saturated rings. The lowest BCUT2D eigenvalue weighted by Gasteiger charge is -2.23. The van der Waals surface area contributed by atoms with E-state index < -0.39 is 5.41 Å². The van der Waals surface area contributed by atoms with Gasteiger partial charge in [-0.05, 0) is 27.2 Å². The molecule has 2 amide bonds. The van der Waals surface area contributed by atoms with Crippen LogP contribution in [0.25, 0.3) is 0 Å². The van der Waals surface area contributed by atoms with E-state index >= 15 is 0 Å². The molecule has 0 radical (unpaired) electrons. The molecule has 0 aliphatic carbocycles. The molecule has 0 aromatic heterocycles. The molecule has 1 aliphatic rings. The summed E-state index contributed by atoms with van der Waals surface area (Å²) < 4.78 is 5.10. The van der Waals surface area contributed by atoms with E-state index in [0.717, 1.165) is 0 Å². The van der Waals surface area contributed by atoms with Crippen LogP contribution in [0.3, 0.4) is 0 Å². The van der Waals surface area contributed by atoms with Gasteiger partial charge in [-0.2, -0.15) is 0 Å². The second-order valence-electron chi connectivity index (χ2n) is 4.74. The summed E-state index contributed by atoms with van der Waals surface area (Å²) in [4.78, 5) is 24.9. The normalized spacial score (nSPS) is 24.7. The molecule has 0 bridgehead atoms. The van der Waals surface area contributed by atoms with Crippen LogP contribution in [0.2, 0.25) is 0 Å². The van der Waals surface area contributed by atoms with Gasteiger partial charge in [0.15, 0.2) is 0 Å². The first-order valence-corrected chi connectivity index (χ1v) is 5.57. The summed E-state index contributed by atoms with van der Waals surface area (Å²) in [6.45, 7) is 6.50. The summed E-state index contributed by atoms with van der Waals surface area (Å²) in [7, 11) is 1.61. The van der Waals surface area contributed by atoms with Gasteiger partial charge >= 0.3 is 6.09 Å². The molecule has 5 nitrogen and oxygen atoms in total. The molecule has 1 saturated heterocycles. The quantitative estimate of drug-likeness (QED) is 0.766. The molecular weight excluding hydrogens is 208 g/mol. The molecule has 1 rings (SSSR count). The van der Waals surface area contributed by atoms with Gasteiger partial charge in [-0.15, -0.1) is 0 Å². The van der Waals surface area contributed by atoms with Crippen LogP contribution in [-0.2, 0) is 9.53 Å². The lowest BCUT2D eigenvalue weighted by Crippen LogP contribution is -2.40. The predicted molar refractivity (Wildman–Crippen MR) is 60.0 cm³/mol. The van der Waals surface area contributed by atoms with Crippen molar-refractivity contribution in [1.29, 1.82) is 0 Å². The topological polar surface area (TPSA) is 58.6 Å². The van der Waals surface area contributed by atoms with Crippen molar-refractivity contribution < 1.29 is 14.3 Å². The molecule has 0 saturated carbocycles. The van der Waals surface area contributed by atoms with Gasteiger partial charge in [0.05, 0.1) is 11.5 Å². The third-order valence-electron chi connectivity index (χ3n) is 2.84. The maximum Gasteiger partial charge on any atom is 0.410 e. The van der Waals surface area contributed by atoms with Crippen molar-refractivity contribution in [1.82, 2.24) is 10.2 Å². The van der Waals surface area contributed by atoms with Gasteiger partial charge in [0.2, 0.25) is 5.91 Å². The molecular formula is C11H20N2O3. The van der Waals surface area contributed by atoms with Crippen LogP contribution in [0, 0.1) is 5.41 Å². The SMILES string of the molecule is CNC(=O)C1(C)CCN(C(=O)OC(C)C)C1. The van der Waals surface area contributed by atoms with Gasteiger partial charge in [0.25, 0.3) is 0 Å². The van der Waals surface area contributed by atoms with Crippen molar-refractivity contribution >= 4 is 12.0 Å². The van der Waals surface area contributed by atoms with Crippen LogP contribution in [0.5, 0.6) is 0 Å². The molecule has 0 aromatic carbocycles. The molecule has 1 heterocycles. The minimum absolute atomic E-state index is 0.0210. The molecule has 1 atom stereocenters. The number of rotatable bonds is 2. The Morgan fingerprint density at radius 3 is 2.56 bits per heavy atom. The summed E-state index contributed by atoms with van der Waals surface area (Å²) in [6, 6.07) is 0. The monoisotopic (exact) mass is 228 g/mol. The zero-order chi connectivity index (χ0) is 12.3. The molecule has 1 aliphatic heterocycles. The molecule has 1 unspecified atom stereocenters. The minimum Gasteiger partial charge on any atom is -0.447 e. The van der Waals surface area contributed by atoms with E-state index in [1.54, 1.807) is 11.9 Å². The first kappa shape index (κ1) is 12.8. The highest BCUT2D eigenvalue weighted by Crippen LogP contribution is 2.30. The van der Waals surface area contributed by atoms with Gasteiger partial charge in [-0.1, -0.05) is 0 Å². The van der Waals surface area contributed by atoms with E-state index in [-0.39, 0.29) is 18.1 Å². The molecule has 5 heteroatoms. The standard InChI is InChI=1S/C11H20N2O3/c1-8(2)16-10(15)13-6-5-11(3,7-13)9(14)12-4/h8H,5-7H2,1-4H3,(H,12,14). The number of carbonyl (C=O) groups excluding carboxylic acids is 2. The van der Waals surface area contributed by atoms with Crippen LogP contribution >= 0.6 is 0 Å². The molecule has 16 heavy (non-hydrogen) atoms. The third kappa shape index (κ3) is 2.65. The van der Waals surface area contributed by atoms with E-state index in [1.807, 2.05) is 20.8 Å². The highest BCUT2D eigenvalue weighted by molar-refractivity contribution is 5.83. The zero-order valence-electron chi connectivity index (χ0n) is 10.4. The average Bonchev–Trinajstić information content (AvgIpc) is 2.60. The Bertz CT molecular complexity index is 291. The largest absolute Gasteiger partial charge is 0.447 e. The number of amides is 2. The van der Waals surface area contributed by atoms with E-state index in [1.165, 1.54) is 0 Å². The highest BCUT2D eigenvalue weighted by Gasteiger charge is 2.42. The first-order chi connectivity index (χ1) is 7.39. The van der Waals surface area contributed by atoms with E-state index in [0.29, 0.717) is 19.5 Å². The lowest BCUT2D eigenvalue weighted by molar-refractivity contribution is -0.128. The Labute approximate surface area is 96.1 Å². The first-order valence-electron chi connectivity index (χ1n) is 5.57. The average molecular weight is 228 g/mol. The van der Waals surface area contributed by atoms with Crippen LogP contribution in [0.1, 0.15) is 27.2 Å².